The lowest BCUT2D eigenvalue weighted by atomic mass is 10.2. The van der Waals surface area contributed by atoms with E-state index in [1.807, 2.05) is 31.1 Å². The van der Waals surface area contributed by atoms with E-state index in [-0.39, 0.29) is 5.91 Å². The van der Waals surface area contributed by atoms with Crippen LogP contribution in [-0.2, 0) is 6.54 Å². The highest BCUT2D eigenvalue weighted by molar-refractivity contribution is 5.93. The van der Waals surface area contributed by atoms with Gasteiger partial charge in [0.2, 0.25) is 0 Å². The summed E-state index contributed by atoms with van der Waals surface area (Å²) in [5.41, 5.74) is 1.53. The summed E-state index contributed by atoms with van der Waals surface area (Å²) in [4.78, 5) is 17.8. The zero-order chi connectivity index (χ0) is 13.0. The molecule has 2 rings (SSSR count). The van der Waals surface area contributed by atoms with Gasteiger partial charge in [0.05, 0.1) is 11.8 Å². The number of nitrogens with zero attached hydrogens (tertiary/aromatic N) is 2. The van der Waals surface area contributed by atoms with E-state index in [9.17, 15) is 4.79 Å². The van der Waals surface area contributed by atoms with Gasteiger partial charge in [-0.1, -0.05) is 0 Å². The number of amides is 1. The standard InChI is InChI=1S/C13H15N3O2/c1-16(2)12-7-10(3-5-14-12)8-15-13(17)11-4-6-18-9-11/h3-7,9H,8H2,1-2H3,(H,15,17). The summed E-state index contributed by atoms with van der Waals surface area (Å²) in [7, 11) is 3.85. The topological polar surface area (TPSA) is 58.4 Å². The Bertz CT molecular complexity index is 521. The van der Waals surface area contributed by atoms with E-state index < -0.39 is 0 Å². The fraction of sp³-hybridized carbons (Fsp3) is 0.231. The van der Waals surface area contributed by atoms with E-state index in [1.165, 1.54) is 12.5 Å². The Hall–Kier alpha value is -2.30. The van der Waals surface area contributed by atoms with Crippen LogP contribution in [0, 0.1) is 0 Å². The molecule has 18 heavy (non-hydrogen) atoms. The SMILES string of the molecule is CN(C)c1cc(CNC(=O)c2ccoc2)ccn1. The molecule has 0 unspecified atom stereocenters. The van der Waals surface area contributed by atoms with Gasteiger partial charge in [-0.3, -0.25) is 4.79 Å². The van der Waals surface area contributed by atoms with E-state index in [1.54, 1.807) is 12.3 Å². The number of pyridine rings is 1. The van der Waals surface area contributed by atoms with Crippen LogP contribution >= 0.6 is 0 Å². The van der Waals surface area contributed by atoms with Crippen LogP contribution in [0.5, 0.6) is 0 Å². The summed E-state index contributed by atoms with van der Waals surface area (Å²) in [6, 6.07) is 5.45. The van der Waals surface area contributed by atoms with Crippen LogP contribution in [0.15, 0.2) is 41.3 Å². The zero-order valence-electron chi connectivity index (χ0n) is 10.4. The molecule has 0 saturated heterocycles. The highest BCUT2D eigenvalue weighted by atomic mass is 16.3. The van der Waals surface area contributed by atoms with Gasteiger partial charge < -0.3 is 14.6 Å². The molecule has 2 aromatic rings. The average Bonchev–Trinajstić information content (AvgIpc) is 2.90. The van der Waals surface area contributed by atoms with Gasteiger partial charge in [0.1, 0.15) is 12.1 Å². The lowest BCUT2D eigenvalue weighted by Crippen LogP contribution is -2.22. The second-order valence-corrected chi connectivity index (χ2v) is 4.11. The van der Waals surface area contributed by atoms with E-state index in [2.05, 4.69) is 10.3 Å². The van der Waals surface area contributed by atoms with Gasteiger partial charge in [-0.05, 0) is 23.8 Å². The molecule has 1 N–H and O–H groups in total. The maximum Gasteiger partial charge on any atom is 0.254 e. The van der Waals surface area contributed by atoms with Crippen molar-refractivity contribution in [1.82, 2.24) is 10.3 Å². The smallest absolute Gasteiger partial charge is 0.254 e. The highest BCUT2D eigenvalue weighted by Crippen LogP contribution is 2.09. The molecular formula is C13H15N3O2. The van der Waals surface area contributed by atoms with E-state index in [0.717, 1.165) is 11.4 Å². The number of furan rings is 1. The summed E-state index contributed by atoms with van der Waals surface area (Å²) < 4.78 is 4.86. The largest absolute Gasteiger partial charge is 0.472 e. The van der Waals surface area contributed by atoms with Gasteiger partial charge in [0, 0.05) is 26.8 Å². The highest BCUT2D eigenvalue weighted by Gasteiger charge is 2.06. The summed E-state index contributed by atoms with van der Waals surface area (Å²) in [6.07, 6.45) is 4.63. The van der Waals surface area contributed by atoms with Crippen molar-refractivity contribution < 1.29 is 9.21 Å². The molecule has 94 valence electrons. The van der Waals surface area contributed by atoms with Crippen LogP contribution in [-0.4, -0.2) is 25.0 Å². The van der Waals surface area contributed by atoms with Crippen LogP contribution in [0.4, 0.5) is 5.82 Å². The second-order valence-electron chi connectivity index (χ2n) is 4.11. The number of rotatable bonds is 4. The number of hydrogen-bond donors (Lipinski definition) is 1. The zero-order valence-corrected chi connectivity index (χ0v) is 10.4. The molecule has 0 fully saturated rings. The molecule has 0 aliphatic carbocycles. The van der Waals surface area contributed by atoms with Gasteiger partial charge in [-0.2, -0.15) is 0 Å². The van der Waals surface area contributed by atoms with Crippen molar-refractivity contribution in [3.8, 4) is 0 Å². The van der Waals surface area contributed by atoms with Crippen molar-refractivity contribution >= 4 is 11.7 Å². The van der Waals surface area contributed by atoms with Crippen LogP contribution in [0.1, 0.15) is 15.9 Å². The first kappa shape index (κ1) is 12.2. The summed E-state index contributed by atoms with van der Waals surface area (Å²) >= 11 is 0. The van der Waals surface area contributed by atoms with E-state index in [0.29, 0.717) is 12.1 Å². The Kier molecular flexibility index (Phi) is 3.62. The minimum atomic E-state index is -0.146. The van der Waals surface area contributed by atoms with Crippen LogP contribution < -0.4 is 10.2 Å². The third kappa shape index (κ3) is 2.88. The van der Waals surface area contributed by atoms with Gasteiger partial charge in [-0.15, -0.1) is 0 Å². The number of nitrogens with one attached hydrogen (secondary N) is 1. The van der Waals surface area contributed by atoms with Crippen LogP contribution in [0.3, 0.4) is 0 Å². The Morgan fingerprint density at radius 1 is 1.44 bits per heavy atom. The molecule has 0 bridgehead atoms. The first-order valence-electron chi connectivity index (χ1n) is 5.59. The van der Waals surface area contributed by atoms with E-state index >= 15 is 0 Å². The molecule has 2 aromatic heterocycles. The molecule has 0 atom stereocenters. The molecule has 5 heteroatoms. The predicted octanol–water partition coefficient (Wildman–Crippen LogP) is 1.67. The monoisotopic (exact) mass is 245 g/mol. The first-order valence-corrected chi connectivity index (χ1v) is 5.59. The third-order valence-electron chi connectivity index (χ3n) is 2.50. The normalized spacial score (nSPS) is 10.1. The molecular weight excluding hydrogens is 230 g/mol. The molecule has 0 aliphatic rings. The molecule has 1 amide bonds. The number of aromatic nitrogens is 1. The molecule has 0 aliphatic heterocycles. The second kappa shape index (κ2) is 5.35. The average molecular weight is 245 g/mol. The number of carbonyl (C=O) groups excluding carboxylic acids is 1. The molecule has 0 spiro atoms. The quantitative estimate of drug-likeness (QED) is 0.890. The lowest BCUT2D eigenvalue weighted by molar-refractivity contribution is 0.0950. The van der Waals surface area contributed by atoms with Gasteiger partial charge in [0.25, 0.3) is 5.91 Å². The fourth-order valence-electron chi connectivity index (χ4n) is 1.49. The Morgan fingerprint density at radius 3 is 2.94 bits per heavy atom. The first-order chi connectivity index (χ1) is 8.66. The summed E-state index contributed by atoms with van der Waals surface area (Å²) in [5.74, 6) is 0.719. The Morgan fingerprint density at radius 2 is 2.28 bits per heavy atom. The summed E-state index contributed by atoms with van der Waals surface area (Å²) in [5, 5.41) is 2.82. The minimum Gasteiger partial charge on any atom is -0.472 e. The molecule has 0 saturated carbocycles. The van der Waals surface area contributed by atoms with Gasteiger partial charge in [0.15, 0.2) is 0 Å². The van der Waals surface area contributed by atoms with E-state index in [4.69, 9.17) is 4.42 Å². The molecule has 0 radical (unpaired) electrons. The lowest BCUT2D eigenvalue weighted by Gasteiger charge is -2.12. The van der Waals surface area contributed by atoms with Gasteiger partial charge >= 0.3 is 0 Å². The predicted molar refractivity (Wildman–Crippen MR) is 68.4 cm³/mol. The maximum absolute atomic E-state index is 11.7. The van der Waals surface area contributed by atoms with Crippen molar-refractivity contribution in [3.05, 3.63) is 48.0 Å². The fourth-order valence-corrected chi connectivity index (χ4v) is 1.49. The number of carbonyl (C=O) groups is 1. The van der Waals surface area contributed by atoms with Crippen LogP contribution in [0.25, 0.3) is 0 Å². The maximum atomic E-state index is 11.7. The molecule has 5 nitrogen and oxygen atoms in total. The van der Waals surface area contributed by atoms with Crippen LogP contribution in [0.2, 0.25) is 0 Å². The van der Waals surface area contributed by atoms with Crippen molar-refractivity contribution in [2.75, 3.05) is 19.0 Å². The molecule has 0 aromatic carbocycles. The van der Waals surface area contributed by atoms with Gasteiger partial charge in [-0.25, -0.2) is 4.98 Å². The Labute approximate surface area is 105 Å². The van der Waals surface area contributed by atoms with Crippen molar-refractivity contribution in [2.24, 2.45) is 0 Å². The minimum absolute atomic E-state index is 0.146. The Balaban J connectivity index is 1.98. The summed E-state index contributed by atoms with van der Waals surface area (Å²) in [6.45, 7) is 0.466. The number of hydrogen-bond acceptors (Lipinski definition) is 4. The van der Waals surface area contributed by atoms with Crippen molar-refractivity contribution in [1.29, 1.82) is 0 Å². The van der Waals surface area contributed by atoms with Crippen molar-refractivity contribution in [2.45, 2.75) is 6.54 Å². The number of anilines is 1. The van der Waals surface area contributed by atoms with Crippen molar-refractivity contribution in [3.63, 3.8) is 0 Å². The molecule has 2 heterocycles. The third-order valence-corrected chi connectivity index (χ3v) is 2.50.